The maximum absolute atomic E-state index is 3.56. The summed E-state index contributed by atoms with van der Waals surface area (Å²) in [5, 5.41) is 0. The van der Waals surface area contributed by atoms with E-state index in [4.69, 9.17) is 0 Å². The highest BCUT2D eigenvalue weighted by Crippen LogP contribution is 1.73. The molecule has 24 valence electrons. The molecule has 0 aromatic heterocycles. The van der Waals surface area contributed by atoms with Gasteiger partial charge in [-0.15, -0.1) is 6.58 Å². The molecule has 0 saturated carbocycles. The molecule has 0 heteroatoms. The van der Waals surface area contributed by atoms with Gasteiger partial charge in [-0.05, 0) is 13.8 Å². The molecule has 0 bridgehead atoms. The summed E-state index contributed by atoms with van der Waals surface area (Å²) in [4.78, 5) is 0. The fourth-order valence-corrected chi connectivity index (χ4v) is 0. The molecule has 0 N–H and O–H groups in total. The maximum Gasteiger partial charge on any atom is -0.0445 e. The third-order valence-corrected chi connectivity index (χ3v) is 0. The van der Waals surface area contributed by atoms with Crippen LogP contribution < -0.4 is 0 Å². The van der Waals surface area contributed by atoms with Gasteiger partial charge < -0.3 is 0 Å². The van der Waals surface area contributed by atoms with Crippen LogP contribution in [0.5, 0.6) is 0 Å². The van der Waals surface area contributed by atoms with Gasteiger partial charge in [-0.25, -0.2) is 0 Å². The molecule has 0 heterocycles. The van der Waals surface area contributed by atoms with E-state index in [0.29, 0.717) is 0 Å². The van der Waals surface area contributed by atoms with Crippen molar-refractivity contribution in [2.45, 2.75) is 13.8 Å². The Morgan fingerprint density at radius 1 is 1.50 bits per heavy atom. The Morgan fingerprint density at radius 3 is 1.50 bits per heavy atom. The van der Waals surface area contributed by atoms with E-state index in [1.54, 1.807) is 0 Å². The van der Waals surface area contributed by atoms with Crippen LogP contribution in [0.15, 0.2) is 12.2 Å². The minimum absolute atomic E-state index is 1.17. The van der Waals surface area contributed by atoms with Crippen molar-refractivity contribution in [3.05, 3.63) is 12.2 Å². The van der Waals surface area contributed by atoms with Crippen molar-refractivity contribution in [2.75, 3.05) is 0 Å². The Hall–Kier alpha value is -0.260. The molecular formula is C4H8. The fraction of sp³-hybridized carbons (Fsp3) is 0.500. The SMILES string of the molecule is C[13C](=[13CH2])[13CH3]. The molecule has 0 aromatic rings. The van der Waals surface area contributed by atoms with Crippen LogP contribution in [0.4, 0.5) is 0 Å². The van der Waals surface area contributed by atoms with Gasteiger partial charge in [0, 0.05) is 0 Å². The summed E-state index contributed by atoms with van der Waals surface area (Å²) in [6.45, 7) is 7.50. The molecule has 0 radical (unpaired) electrons. The molecule has 0 fully saturated rings. The first-order valence-electron chi connectivity index (χ1n) is 1.35. The minimum atomic E-state index is 1.17. The first-order valence-corrected chi connectivity index (χ1v) is 1.35. The molecule has 0 unspecified atom stereocenters. The third kappa shape index (κ3) is 14.1. The van der Waals surface area contributed by atoms with Crippen LogP contribution in [0.3, 0.4) is 0 Å². The van der Waals surface area contributed by atoms with Crippen LogP contribution in [0.1, 0.15) is 13.8 Å². The molecule has 0 spiro atoms. The highest BCUT2D eigenvalue weighted by atomic mass is 14.5. The highest BCUT2D eigenvalue weighted by Gasteiger charge is 1.51. The van der Waals surface area contributed by atoms with Gasteiger partial charge in [0.2, 0.25) is 0 Å². The summed E-state index contributed by atoms with van der Waals surface area (Å²) in [5.41, 5.74) is 1.17. The van der Waals surface area contributed by atoms with Crippen LogP contribution in [-0.4, -0.2) is 0 Å². The summed E-state index contributed by atoms with van der Waals surface area (Å²) in [5.74, 6) is 0. The second-order valence-electron chi connectivity index (χ2n) is 1.21. The quantitative estimate of drug-likeness (QED) is 0.293. The van der Waals surface area contributed by atoms with Crippen molar-refractivity contribution in [1.29, 1.82) is 0 Å². The zero-order valence-corrected chi connectivity index (χ0v) is 3.21. The molecule has 0 rings (SSSR count). The van der Waals surface area contributed by atoms with Crippen molar-refractivity contribution in [1.82, 2.24) is 0 Å². The Kier molecular flexibility index (Phi) is 1.03. The Morgan fingerprint density at radius 2 is 1.50 bits per heavy atom. The first-order chi connectivity index (χ1) is 1.73. The predicted octanol–water partition coefficient (Wildman–Crippen LogP) is 1.58. The van der Waals surface area contributed by atoms with Crippen LogP contribution in [0.25, 0.3) is 0 Å². The van der Waals surface area contributed by atoms with E-state index in [0.717, 1.165) is 0 Å². The molecule has 0 atom stereocenters. The van der Waals surface area contributed by atoms with E-state index in [-0.39, 0.29) is 0 Å². The molecule has 0 nitrogen and oxygen atoms in total. The highest BCUT2D eigenvalue weighted by molar-refractivity contribution is 4.78. The normalized spacial score (nSPS) is 6.50. The Labute approximate surface area is 27.1 Å². The number of hydrogen-bond acceptors (Lipinski definition) is 0. The average Bonchev–Trinajstić information content (AvgIpc) is 0.811. The number of allylic oxidation sites excluding steroid dienone is 1. The fourth-order valence-electron chi connectivity index (χ4n) is 0. The van der Waals surface area contributed by atoms with Crippen molar-refractivity contribution in [3.63, 3.8) is 0 Å². The van der Waals surface area contributed by atoms with Crippen LogP contribution in [0, 0.1) is 0 Å². The summed E-state index contributed by atoms with van der Waals surface area (Å²) >= 11 is 0. The molecule has 0 saturated heterocycles. The second-order valence-corrected chi connectivity index (χ2v) is 1.21. The summed E-state index contributed by atoms with van der Waals surface area (Å²) in [6, 6.07) is 0. The van der Waals surface area contributed by atoms with Crippen LogP contribution >= 0.6 is 0 Å². The van der Waals surface area contributed by atoms with Crippen molar-refractivity contribution in [2.24, 2.45) is 0 Å². The van der Waals surface area contributed by atoms with Crippen molar-refractivity contribution in [3.8, 4) is 0 Å². The van der Waals surface area contributed by atoms with E-state index in [1.165, 1.54) is 5.57 Å². The van der Waals surface area contributed by atoms with Crippen LogP contribution in [-0.2, 0) is 0 Å². The van der Waals surface area contributed by atoms with Gasteiger partial charge >= 0.3 is 0 Å². The van der Waals surface area contributed by atoms with E-state index in [2.05, 4.69) is 6.58 Å². The smallest absolute Gasteiger partial charge is 0.0445 e. The average molecular weight is 59.1 g/mol. The van der Waals surface area contributed by atoms with Crippen LogP contribution in [0.2, 0.25) is 0 Å². The topological polar surface area (TPSA) is 0 Å². The van der Waals surface area contributed by atoms with Gasteiger partial charge in [-0.1, -0.05) is 5.57 Å². The monoisotopic (exact) mass is 59.1 g/mol. The van der Waals surface area contributed by atoms with Crippen molar-refractivity contribution >= 4 is 0 Å². The Balaban J connectivity index is 2.80. The lowest BCUT2D eigenvalue weighted by molar-refractivity contribution is 1.42. The van der Waals surface area contributed by atoms with Gasteiger partial charge in [-0.3, -0.25) is 0 Å². The Bertz CT molecular complexity index is 23.0. The molecule has 0 aromatic carbocycles. The second kappa shape index (κ2) is 1.10. The molecule has 0 aliphatic heterocycles. The molecule has 4 heavy (non-hydrogen) atoms. The molecule has 0 amide bonds. The van der Waals surface area contributed by atoms with Crippen molar-refractivity contribution < 1.29 is 0 Å². The van der Waals surface area contributed by atoms with Gasteiger partial charge in [-0.2, -0.15) is 0 Å². The summed E-state index contributed by atoms with van der Waals surface area (Å²) in [6.07, 6.45) is 0. The lowest BCUT2D eigenvalue weighted by Gasteiger charge is -1.65. The lowest BCUT2D eigenvalue weighted by atomic mass is 11.1. The van der Waals surface area contributed by atoms with Gasteiger partial charge in [0.15, 0.2) is 0 Å². The zero-order chi connectivity index (χ0) is 3.58. The summed E-state index contributed by atoms with van der Waals surface area (Å²) < 4.78 is 0. The zero-order valence-electron chi connectivity index (χ0n) is 3.21. The maximum atomic E-state index is 3.56. The largest absolute Gasteiger partial charge is 0.100 e. The van der Waals surface area contributed by atoms with Gasteiger partial charge in [0.05, 0.1) is 0 Å². The predicted molar refractivity (Wildman–Crippen MR) is 20.5 cm³/mol. The summed E-state index contributed by atoms with van der Waals surface area (Å²) in [7, 11) is 0. The molecule has 0 aliphatic rings. The minimum Gasteiger partial charge on any atom is -0.100 e. The first kappa shape index (κ1) is 3.74. The van der Waals surface area contributed by atoms with E-state index < -0.39 is 0 Å². The van der Waals surface area contributed by atoms with E-state index in [1.807, 2.05) is 13.8 Å². The molecule has 0 aliphatic carbocycles. The standard InChI is InChI=1S/C4H8/c1-4(2)3/h1H2,2-3H3/i1+1,2+1,4+1. The lowest BCUT2D eigenvalue weighted by Crippen LogP contribution is -1.43. The molecular weight excluding hydrogens is 51.0 g/mol. The van der Waals surface area contributed by atoms with E-state index in [9.17, 15) is 0 Å². The number of rotatable bonds is 0. The van der Waals surface area contributed by atoms with E-state index >= 15 is 0 Å². The van der Waals surface area contributed by atoms with Gasteiger partial charge in [0.25, 0.3) is 0 Å². The third-order valence-electron chi connectivity index (χ3n) is 0. The number of hydrogen-bond donors (Lipinski definition) is 0. The van der Waals surface area contributed by atoms with Gasteiger partial charge in [0.1, 0.15) is 0 Å².